The lowest BCUT2D eigenvalue weighted by Gasteiger charge is -2.07. The lowest BCUT2D eigenvalue weighted by atomic mass is 10.2. The van der Waals surface area contributed by atoms with Crippen LogP contribution >= 0.6 is 11.6 Å². The molecule has 1 aromatic heterocycles. The van der Waals surface area contributed by atoms with Gasteiger partial charge in [-0.05, 0) is 31.0 Å². The topological polar surface area (TPSA) is 51.0 Å². The molecule has 4 nitrogen and oxygen atoms in total. The maximum atomic E-state index is 13.7. The summed E-state index contributed by atoms with van der Waals surface area (Å²) in [5.74, 6) is -0.307. The van der Waals surface area contributed by atoms with E-state index in [9.17, 15) is 4.39 Å². The Balaban J connectivity index is 1.80. The second kappa shape index (κ2) is 5.17. The van der Waals surface area contributed by atoms with Crippen molar-refractivity contribution in [3.8, 4) is 11.5 Å². The summed E-state index contributed by atoms with van der Waals surface area (Å²) in [5, 5.41) is 11.3. The fraction of sp³-hybridized carbons (Fsp3) is 0.385. The number of hydrogen-bond donors (Lipinski definition) is 1. The highest BCUT2D eigenvalue weighted by atomic mass is 35.5. The summed E-state index contributed by atoms with van der Waals surface area (Å²) in [7, 11) is 0. The van der Waals surface area contributed by atoms with Crippen molar-refractivity contribution in [2.24, 2.45) is 0 Å². The number of aromatic nitrogens is 2. The van der Waals surface area contributed by atoms with Crippen molar-refractivity contribution >= 4 is 17.6 Å². The van der Waals surface area contributed by atoms with Crippen molar-refractivity contribution in [1.82, 2.24) is 10.2 Å². The van der Waals surface area contributed by atoms with Crippen LogP contribution in [0.15, 0.2) is 22.6 Å². The molecule has 0 amide bonds. The SMILES string of the molecule is Fc1cc(Cl)ccc1-c1nnc(NC2CCCC2)o1. The van der Waals surface area contributed by atoms with Crippen LogP contribution in [0.5, 0.6) is 0 Å². The molecule has 3 rings (SSSR count). The van der Waals surface area contributed by atoms with Crippen molar-refractivity contribution in [2.45, 2.75) is 31.7 Å². The lowest BCUT2D eigenvalue weighted by Crippen LogP contribution is -2.14. The van der Waals surface area contributed by atoms with E-state index in [4.69, 9.17) is 16.0 Å². The molecule has 1 saturated carbocycles. The van der Waals surface area contributed by atoms with Crippen molar-refractivity contribution in [3.63, 3.8) is 0 Å². The maximum absolute atomic E-state index is 13.7. The van der Waals surface area contributed by atoms with Gasteiger partial charge in [0, 0.05) is 11.1 Å². The van der Waals surface area contributed by atoms with E-state index in [0.29, 0.717) is 17.1 Å². The van der Waals surface area contributed by atoms with E-state index >= 15 is 0 Å². The second-order valence-electron chi connectivity index (χ2n) is 4.66. The zero-order valence-electron chi connectivity index (χ0n) is 10.2. The molecule has 1 heterocycles. The molecule has 2 aromatic rings. The summed E-state index contributed by atoms with van der Waals surface area (Å²) < 4.78 is 19.2. The van der Waals surface area contributed by atoms with Gasteiger partial charge in [0.05, 0.1) is 5.56 Å². The normalized spacial score (nSPS) is 15.9. The number of halogens is 2. The number of hydrogen-bond acceptors (Lipinski definition) is 4. The summed E-state index contributed by atoms with van der Waals surface area (Å²) in [6, 6.07) is 5.07. The van der Waals surface area contributed by atoms with Crippen LogP contribution in [-0.2, 0) is 0 Å². The van der Waals surface area contributed by atoms with E-state index in [0.717, 1.165) is 12.8 Å². The first-order valence-electron chi connectivity index (χ1n) is 6.28. The molecule has 6 heteroatoms. The Hall–Kier alpha value is -1.62. The van der Waals surface area contributed by atoms with Gasteiger partial charge < -0.3 is 9.73 Å². The molecule has 1 aliphatic rings. The predicted octanol–water partition coefficient (Wildman–Crippen LogP) is 3.88. The minimum absolute atomic E-state index is 0.162. The Bertz CT molecular complexity index is 581. The maximum Gasteiger partial charge on any atom is 0.315 e. The average molecular weight is 282 g/mol. The van der Waals surface area contributed by atoms with Gasteiger partial charge in [-0.25, -0.2) is 4.39 Å². The number of benzene rings is 1. The van der Waals surface area contributed by atoms with Crippen LogP contribution < -0.4 is 5.32 Å². The molecular weight excluding hydrogens is 269 g/mol. The van der Waals surface area contributed by atoms with E-state index in [1.807, 2.05) is 0 Å². The fourth-order valence-corrected chi connectivity index (χ4v) is 2.46. The van der Waals surface area contributed by atoms with Crippen LogP contribution in [0.1, 0.15) is 25.7 Å². The van der Waals surface area contributed by atoms with E-state index < -0.39 is 5.82 Å². The molecule has 0 bridgehead atoms. The Kier molecular flexibility index (Phi) is 3.38. The molecule has 1 fully saturated rings. The fourth-order valence-electron chi connectivity index (χ4n) is 2.30. The predicted molar refractivity (Wildman–Crippen MR) is 70.6 cm³/mol. The Morgan fingerprint density at radius 2 is 2.05 bits per heavy atom. The summed E-state index contributed by atoms with van der Waals surface area (Å²) in [6.45, 7) is 0. The van der Waals surface area contributed by atoms with Gasteiger partial charge in [-0.15, -0.1) is 5.10 Å². The smallest absolute Gasteiger partial charge is 0.315 e. The zero-order chi connectivity index (χ0) is 13.2. The van der Waals surface area contributed by atoms with Crippen molar-refractivity contribution < 1.29 is 8.81 Å². The molecule has 0 spiro atoms. The second-order valence-corrected chi connectivity index (χ2v) is 5.10. The van der Waals surface area contributed by atoms with Crippen LogP contribution in [-0.4, -0.2) is 16.2 Å². The Morgan fingerprint density at radius 1 is 1.26 bits per heavy atom. The molecule has 0 unspecified atom stereocenters. The van der Waals surface area contributed by atoms with Gasteiger partial charge >= 0.3 is 6.01 Å². The molecule has 0 aliphatic heterocycles. The Morgan fingerprint density at radius 3 is 2.79 bits per heavy atom. The number of nitrogens with one attached hydrogen (secondary N) is 1. The number of nitrogens with zero attached hydrogens (tertiary/aromatic N) is 2. The van der Waals surface area contributed by atoms with Crippen LogP contribution in [0.3, 0.4) is 0 Å². The molecule has 1 aromatic carbocycles. The molecule has 0 radical (unpaired) electrons. The first kappa shape index (κ1) is 12.4. The molecule has 1 N–H and O–H groups in total. The van der Waals surface area contributed by atoms with Crippen molar-refractivity contribution in [2.75, 3.05) is 5.32 Å². The quantitative estimate of drug-likeness (QED) is 0.927. The highest BCUT2D eigenvalue weighted by Crippen LogP contribution is 2.27. The largest absolute Gasteiger partial charge is 0.403 e. The monoisotopic (exact) mass is 281 g/mol. The molecule has 1 aliphatic carbocycles. The van der Waals surface area contributed by atoms with E-state index in [2.05, 4.69) is 15.5 Å². The van der Waals surface area contributed by atoms with Gasteiger partial charge in [0.25, 0.3) is 5.89 Å². The van der Waals surface area contributed by atoms with Gasteiger partial charge in [-0.3, -0.25) is 0 Å². The van der Waals surface area contributed by atoms with Gasteiger partial charge in [-0.2, -0.15) is 0 Å². The summed E-state index contributed by atoms with van der Waals surface area (Å²) >= 11 is 5.70. The van der Waals surface area contributed by atoms with Gasteiger partial charge in [0.2, 0.25) is 0 Å². The summed E-state index contributed by atoms with van der Waals surface area (Å²) in [5.41, 5.74) is 0.261. The van der Waals surface area contributed by atoms with E-state index in [-0.39, 0.29) is 11.5 Å². The lowest BCUT2D eigenvalue weighted by molar-refractivity contribution is 0.557. The number of anilines is 1. The van der Waals surface area contributed by atoms with Crippen molar-refractivity contribution in [1.29, 1.82) is 0 Å². The molecular formula is C13H13ClFN3O. The van der Waals surface area contributed by atoms with Crippen LogP contribution in [0.2, 0.25) is 5.02 Å². The summed E-state index contributed by atoms with van der Waals surface area (Å²) in [4.78, 5) is 0. The highest BCUT2D eigenvalue weighted by molar-refractivity contribution is 6.30. The molecule has 100 valence electrons. The highest BCUT2D eigenvalue weighted by Gasteiger charge is 2.18. The third-order valence-electron chi connectivity index (χ3n) is 3.27. The molecule has 19 heavy (non-hydrogen) atoms. The van der Waals surface area contributed by atoms with Crippen molar-refractivity contribution in [3.05, 3.63) is 29.0 Å². The van der Waals surface area contributed by atoms with Gasteiger partial charge in [0.15, 0.2) is 0 Å². The first-order chi connectivity index (χ1) is 9.22. The van der Waals surface area contributed by atoms with E-state index in [1.54, 1.807) is 6.07 Å². The minimum atomic E-state index is -0.469. The average Bonchev–Trinajstić information content (AvgIpc) is 3.01. The third kappa shape index (κ3) is 2.71. The third-order valence-corrected chi connectivity index (χ3v) is 3.50. The van der Waals surface area contributed by atoms with E-state index in [1.165, 1.54) is 25.0 Å². The zero-order valence-corrected chi connectivity index (χ0v) is 11.0. The van der Waals surface area contributed by atoms with Crippen LogP contribution in [0.4, 0.5) is 10.4 Å². The standard InChI is InChI=1S/C13H13ClFN3O/c14-8-5-6-10(11(15)7-8)12-17-18-13(19-12)16-9-3-1-2-4-9/h5-7,9H,1-4H2,(H,16,18). The first-order valence-corrected chi connectivity index (χ1v) is 6.65. The molecule has 0 atom stereocenters. The van der Waals surface area contributed by atoms with Gasteiger partial charge in [-0.1, -0.05) is 29.5 Å². The molecule has 0 saturated heterocycles. The Labute approximate surface area is 115 Å². The van der Waals surface area contributed by atoms with Crippen LogP contribution in [0.25, 0.3) is 11.5 Å². The van der Waals surface area contributed by atoms with Crippen LogP contribution in [0, 0.1) is 5.82 Å². The minimum Gasteiger partial charge on any atom is -0.403 e. The summed E-state index contributed by atoms with van der Waals surface area (Å²) in [6.07, 6.45) is 4.63. The van der Waals surface area contributed by atoms with Gasteiger partial charge in [0.1, 0.15) is 5.82 Å². The number of rotatable bonds is 3.